The van der Waals surface area contributed by atoms with Crippen LogP contribution in [-0.2, 0) is 5.41 Å². The van der Waals surface area contributed by atoms with Crippen molar-refractivity contribution in [1.29, 1.82) is 5.26 Å². The van der Waals surface area contributed by atoms with Crippen molar-refractivity contribution >= 4 is 23.3 Å². The van der Waals surface area contributed by atoms with E-state index >= 15 is 0 Å². The summed E-state index contributed by atoms with van der Waals surface area (Å²) in [7, 11) is 0. The van der Waals surface area contributed by atoms with Gasteiger partial charge in [0.1, 0.15) is 17.4 Å². The van der Waals surface area contributed by atoms with E-state index < -0.39 is 0 Å². The van der Waals surface area contributed by atoms with E-state index in [0.717, 1.165) is 5.56 Å². The van der Waals surface area contributed by atoms with Crippen LogP contribution in [0.15, 0.2) is 53.7 Å². The van der Waals surface area contributed by atoms with Gasteiger partial charge in [-0.15, -0.1) is 0 Å². The number of rotatable bonds is 4. The lowest BCUT2D eigenvalue weighted by Crippen LogP contribution is -2.10. The van der Waals surface area contributed by atoms with E-state index in [0.29, 0.717) is 27.9 Å². The topological polar surface area (TPSA) is 81.8 Å². The highest BCUT2D eigenvalue weighted by atomic mass is 32.2. The average molecular weight is 391 g/mol. The van der Waals surface area contributed by atoms with Crippen LogP contribution < -0.4 is 5.32 Å². The molecule has 3 aromatic rings. The lowest BCUT2D eigenvalue weighted by atomic mass is 9.86. The zero-order chi connectivity index (χ0) is 20.3. The minimum Gasteiger partial charge on any atom is -0.508 e. The van der Waals surface area contributed by atoms with Crippen LogP contribution >= 0.6 is 11.8 Å². The van der Waals surface area contributed by atoms with E-state index in [-0.39, 0.29) is 11.2 Å². The fraction of sp³-hybridized carbons (Fsp3) is 0.227. The summed E-state index contributed by atoms with van der Waals surface area (Å²) in [5.74, 6) is 0.558. The molecule has 0 spiro atoms. The minimum absolute atomic E-state index is 0.0503. The SMILES string of the molecule is CSc1nc(Nc2cccc(O)c2)c(C#N)c(-c2ccc(C(C)(C)C)cc2)n1. The molecule has 5 nitrogen and oxygen atoms in total. The molecule has 0 atom stereocenters. The average Bonchev–Trinajstić information content (AvgIpc) is 2.67. The van der Waals surface area contributed by atoms with E-state index in [1.165, 1.54) is 17.3 Å². The van der Waals surface area contributed by atoms with Gasteiger partial charge in [-0.25, -0.2) is 9.97 Å². The molecule has 3 rings (SSSR count). The van der Waals surface area contributed by atoms with Crippen molar-refractivity contribution in [2.75, 3.05) is 11.6 Å². The summed E-state index contributed by atoms with van der Waals surface area (Å²) in [5, 5.41) is 23.2. The third-order valence-electron chi connectivity index (χ3n) is 4.32. The van der Waals surface area contributed by atoms with Gasteiger partial charge in [0.2, 0.25) is 0 Å². The quantitative estimate of drug-likeness (QED) is 0.453. The zero-order valence-electron chi connectivity index (χ0n) is 16.3. The molecule has 28 heavy (non-hydrogen) atoms. The first-order chi connectivity index (χ1) is 13.3. The Labute approximate surface area is 169 Å². The second kappa shape index (κ2) is 7.91. The van der Waals surface area contributed by atoms with Crippen molar-refractivity contribution in [2.24, 2.45) is 0 Å². The summed E-state index contributed by atoms with van der Waals surface area (Å²) < 4.78 is 0. The summed E-state index contributed by atoms with van der Waals surface area (Å²) in [6.07, 6.45) is 1.89. The molecule has 2 aromatic carbocycles. The van der Waals surface area contributed by atoms with Crippen LogP contribution in [0.1, 0.15) is 31.9 Å². The van der Waals surface area contributed by atoms with Gasteiger partial charge in [-0.05, 0) is 29.4 Å². The molecule has 0 bridgehead atoms. The summed E-state index contributed by atoms with van der Waals surface area (Å²) in [5.41, 5.74) is 3.73. The number of aromatic nitrogens is 2. The first kappa shape index (κ1) is 19.7. The molecule has 0 aliphatic carbocycles. The summed E-state index contributed by atoms with van der Waals surface area (Å²) in [6, 6.07) is 17.1. The normalized spacial score (nSPS) is 11.1. The molecule has 0 amide bonds. The number of thioether (sulfide) groups is 1. The van der Waals surface area contributed by atoms with E-state index in [9.17, 15) is 10.4 Å². The Morgan fingerprint density at radius 3 is 2.36 bits per heavy atom. The Balaban J connectivity index is 2.09. The molecule has 0 fully saturated rings. The molecule has 0 saturated heterocycles. The van der Waals surface area contributed by atoms with Crippen molar-refractivity contribution in [2.45, 2.75) is 31.3 Å². The second-order valence-electron chi connectivity index (χ2n) is 7.40. The largest absolute Gasteiger partial charge is 0.508 e. The standard InChI is InChI=1S/C22H22N4OS/c1-22(2,3)15-10-8-14(9-11-15)19-18(13-23)20(26-21(25-19)28-4)24-16-6-5-7-17(27)12-16/h5-12,27H,1-4H3,(H,24,25,26). The third-order valence-corrected chi connectivity index (χ3v) is 4.86. The Morgan fingerprint density at radius 2 is 1.79 bits per heavy atom. The number of hydrogen-bond donors (Lipinski definition) is 2. The molecule has 1 heterocycles. The van der Waals surface area contributed by atoms with E-state index in [4.69, 9.17) is 0 Å². The van der Waals surface area contributed by atoms with Crippen LogP contribution in [-0.4, -0.2) is 21.3 Å². The van der Waals surface area contributed by atoms with Gasteiger partial charge in [-0.3, -0.25) is 0 Å². The molecule has 0 aliphatic heterocycles. The van der Waals surface area contributed by atoms with Crippen molar-refractivity contribution in [1.82, 2.24) is 9.97 Å². The number of phenols is 1. The predicted molar refractivity (Wildman–Crippen MR) is 114 cm³/mol. The van der Waals surface area contributed by atoms with Gasteiger partial charge >= 0.3 is 0 Å². The molecule has 142 valence electrons. The van der Waals surface area contributed by atoms with E-state index in [1.54, 1.807) is 24.3 Å². The van der Waals surface area contributed by atoms with Crippen molar-refractivity contribution in [3.8, 4) is 23.1 Å². The summed E-state index contributed by atoms with van der Waals surface area (Å²) in [6.45, 7) is 6.49. The van der Waals surface area contributed by atoms with Crippen LogP contribution in [0.2, 0.25) is 0 Å². The fourth-order valence-electron chi connectivity index (χ4n) is 2.79. The maximum Gasteiger partial charge on any atom is 0.189 e. The van der Waals surface area contributed by atoms with Crippen molar-refractivity contribution < 1.29 is 5.11 Å². The van der Waals surface area contributed by atoms with Crippen LogP contribution in [0.4, 0.5) is 11.5 Å². The molecule has 0 aliphatic rings. The molecule has 0 saturated carbocycles. The van der Waals surface area contributed by atoms with E-state index in [2.05, 4.69) is 54.3 Å². The highest BCUT2D eigenvalue weighted by Crippen LogP contribution is 2.32. The summed E-state index contributed by atoms with van der Waals surface area (Å²) in [4.78, 5) is 9.05. The Morgan fingerprint density at radius 1 is 1.07 bits per heavy atom. The first-order valence-electron chi connectivity index (χ1n) is 8.85. The smallest absolute Gasteiger partial charge is 0.189 e. The number of phenolic OH excluding ortho intramolecular Hbond substituents is 1. The number of anilines is 2. The molecule has 0 unspecified atom stereocenters. The maximum absolute atomic E-state index is 9.81. The number of nitriles is 1. The van der Waals surface area contributed by atoms with Gasteiger partial charge in [0.15, 0.2) is 11.0 Å². The minimum atomic E-state index is 0.0503. The maximum atomic E-state index is 9.81. The van der Waals surface area contributed by atoms with Gasteiger partial charge in [0.05, 0.1) is 5.69 Å². The van der Waals surface area contributed by atoms with Crippen molar-refractivity contribution in [3.63, 3.8) is 0 Å². The molecule has 2 N–H and O–H groups in total. The first-order valence-corrected chi connectivity index (χ1v) is 10.1. The number of hydrogen-bond acceptors (Lipinski definition) is 6. The van der Waals surface area contributed by atoms with Gasteiger partial charge in [-0.2, -0.15) is 5.26 Å². The highest BCUT2D eigenvalue weighted by molar-refractivity contribution is 7.98. The number of aromatic hydroxyl groups is 1. The van der Waals surface area contributed by atoms with Crippen LogP contribution in [0.3, 0.4) is 0 Å². The second-order valence-corrected chi connectivity index (χ2v) is 8.17. The molecule has 0 radical (unpaired) electrons. The van der Waals surface area contributed by atoms with Gasteiger partial charge < -0.3 is 10.4 Å². The zero-order valence-corrected chi connectivity index (χ0v) is 17.1. The van der Waals surface area contributed by atoms with Crippen LogP contribution in [0.25, 0.3) is 11.3 Å². The predicted octanol–water partition coefficient (Wildman–Crippen LogP) is 5.48. The van der Waals surface area contributed by atoms with Crippen molar-refractivity contribution in [3.05, 3.63) is 59.7 Å². The molecule has 1 aromatic heterocycles. The van der Waals surface area contributed by atoms with E-state index in [1.807, 2.05) is 18.4 Å². The lowest BCUT2D eigenvalue weighted by molar-refractivity contribution is 0.475. The summed E-state index contributed by atoms with van der Waals surface area (Å²) >= 11 is 1.41. The van der Waals surface area contributed by atoms with Gasteiger partial charge in [0, 0.05) is 17.3 Å². The molecule has 6 heteroatoms. The molecular formula is C22H22N4OS. The van der Waals surface area contributed by atoms with Gasteiger partial charge in [0.25, 0.3) is 0 Å². The monoisotopic (exact) mass is 390 g/mol. The Hall–Kier alpha value is -3.04. The highest BCUT2D eigenvalue weighted by Gasteiger charge is 2.18. The van der Waals surface area contributed by atoms with Crippen LogP contribution in [0.5, 0.6) is 5.75 Å². The Kier molecular flexibility index (Phi) is 5.57. The third kappa shape index (κ3) is 4.26. The fourth-order valence-corrected chi connectivity index (χ4v) is 3.15. The van der Waals surface area contributed by atoms with Gasteiger partial charge in [-0.1, -0.05) is 62.9 Å². The number of nitrogens with zero attached hydrogens (tertiary/aromatic N) is 3. The van der Waals surface area contributed by atoms with Crippen LogP contribution in [0, 0.1) is 11.3 Å². The lowest BCUT2D eigenvalue weighted by Gasteiger charge is -2.19. The Bertz CT molecular complexity index is 1030. The number of benzene rings is 2. The number of nitrogens with one attached hydrogen (secondary N) is 1. The molecular weight excluding hydrogens is 368 g/mol.